The van der Waals surface area contributed by atoms with Crippen molar-refractivity contribution in [2.45, 2.75) is 6.42 Å². The van der Waals surface area contributed by atoms with Crippen molar-refractivity contribution in [1.82, 2.24) is 4.90 Å². The fourth-order valence-corrected chi connectivity index (χ4v) is 3.90. The number of Topliss-reactive ketones (excluding diaryl/α,β-unsaturated/α-hetero) is 1. The number of nitrogens with zero attached hydrogens (tertiary/aromatic N) is 1. The van der Waals surface area contributed by atoms with E-state index in [1.807, 2.05) is 0 Å². The number of ether oxygens (including phenoxy) is 2. The molecule has 0 radical (unpaired) electrons. The van der Waals surface area contributed by atoms with Crippen LogP contribution in [0.4, 0.5) is 0 Å². The van der Waals surface area contributed by atoms with Crippen molar-refractivity contribution in [3.05, 3.63) is 44.3 Å². The van der Waals surface area contributed by atoms with E-state index >= 15 is 0 Å². The van der Waals surface area contributed by atoms with Crippen LogP contribution in [0.5, 0.6) is 0 Å². The molecule has 3 heterocycles. The molecule has 132 valence electrons. The highest BCUT2D eigenvalue weighted by Crippen LogP contribution is 2.19. The molecule has 1 aliphatic rings. The van der Waals surface area contributed by atoms with E-state index < -0.39 is 5.97 Å². The molecule has 0 atom stereocenters. The van der Waals surface area contributed by atoms with Gasteiger partial charge in [0, 0.05) is 18.0 Å². The number of amides is 1. The fourth-order valence-electron chi connectivity index (χ4n) is 2.36. The van der Waals surface area contributed by atoms with Crippen molar-refractivity contribution in [1.29, 1.82) is 0 Å². The van der Waals surface area contributed by atoms with Gasteiger partial charge < -0.3 is 14.4 Å². The van der Waals surface area contributed by atoms with E-state index in [1.165, 1.54) is 22.7 Å². The van der Waals surface area contributed by atoms with Gasteiger partial charge in [-0.05, 0) is 23.6 Å². The smallest absolute Gasteiger partial charge is 0.348 e. The van der Waals surface area contributed by atoms with Crippen LogP contribution in [0.1, 0.15) is 24.2 Å². The molecule has 3 rings (SSSR count). The Labute approximate surface area is 153 Å². The molecule has 0 unspecified atom stereocenters. The lowest BCUT2D eigenvalue weighted by Gasteiger charge is -2.26. The van der Waals surface area contributed by atoms with Crippen molar-refractivity contribution in [2.75, 3.05) is 32.9 Å². The Balaban J connectivity index is 1.51. The number of hydrogen-bond donors (Lipinski definition) is 0. The molecule has 1 fully saturated rings. The zero-order valence-corrected chi connectivity index (χ0v) is 15.1. The third-order valence-electron chi connectivity index (χ3n) is 3.68. The second-order valence-corrected chi connectivity index (χ2v) is 7.53. The number of rotatable bonds is 6. The number of carbonyl (C=O) groups is 3. The van der Waals surface area contributed by atoms with Gasteiger partial charge >= 0.3 is 5.97 Å². The third kappa shape index (κ3) is 4.75. The average Bonchev–Trinajstić information content (AvgIpc) is 3.32. The van der Waals surface area contributed by atoms with Crippen LogP contribution in [0.3, 0.4) is 0 Å². The molecule has 0 bridgehead atoms. The van der Waals surface area contributed by atoms with E-state index in [0.717, 1.165) is 4.88 Å². The standard InChI is InChI=1S/C17H17NO5S2/c19-13(11-23-17(21)15-2-1-9-24-15)14-4-3-12(25-14)10-16(20)18-5-7-22-8-6-18/h1-4,9H,5-8,10-11H2. The molecule has 1 aliphatic heterocycles. The molecule has 2 aromatic heterocycles. The molecule has 6 nitrogen and oxygen atoms in total. The maximum atomic E-state index is 12.2. The van der Waals surface area contributed by atoms with Gasteiger partial charge in [0.25, 0.3) is 0 Å². The van der Waals surface area contributed by atoms with Gasteiger partial charge in [-0.15, -0.1) is 22.7 Å². The van der Waals surface area contributed by atoms with Crippen LogP contribution in [0, 0.1) is 0 Å². The summed E-state index contributed by atoms with van der Waals surface area (Å²) in [4.78, 5) is 39.7. The Kier molecular flexibility index (Phi) is 5.95. The number of hydrogen-bond acceptors (Lipinski definition) is 7. The molecule has 25 heavy (non-hydrogen) atoms. The first-order chi connectivity index (χ1) is 12.1. The second-order valence-electron chi connectivity index (χ2n) is 5.41. The highest BCUT2D eigenvalue weighted by molar-refractivity contribution is 7.14. The maximum absolute atomic E-state index is 12.2. The van der Waals surface area contributed by atoms with Crippen molar-refractivity contribution in [3.63, 3.8) is 0 Å². The minimum atomic E-state index is -0.498. The van der Waals surface area contributed by atoms with Crippen LogP contribution in [-0.2, 0) is 20.7 Å². The summed E-state index contributed by atoms with van der Waals surface area (Å²) in [7, 11) is 0. The first-order valence-electron chi connectivity index (χ1n) is 7.81. The predicted molar refractivity (Wildman–Crippen MR) is 94.4 cm³/mol. The zero-order chi connectivity index (χ0) is 17.6. The maximum Gasteiger partial charge on any atom is 0.348 e. The number of carbonyl (C=O) groups excluding carboxylic acids is 3. The number of morpholine rings is 1. The summed E-state index contributed by atoms with van der Waals surface area (Å²) in [6, 6.07) is 6.85. The van der Waals surface area contributed by atoms with Crippen LogP contribution in [-0.4, -0.2) is 55.5 Å². The monoisotopic (exact) mass is 379 g/mol. The summed E-state index contributed by atoms with van der Waals surface area (Å²) in [5.74, 6) is -0.726. The Morgan fingerprint density at radius 3 is 2.64 bits per heavy atom. The second kappa shape index (κ2) is 8.37. The third-order valence-corrected chi connectivity index (χ3v) is 5.66. The number of thiophene rings is 2. The van der Waals surface area contributed by atoms with Gasteiger partial charge in [-0.1, -0.05) is 6.07 Å². The summed E-state index contributed by atoms with van der Waals surface area (Å²) >= 11 is 2.53. The molecule has 2 aromatic rings. The minimum Gasteiger partial charge on any atom is -0.453 e. The van der Waals surface area contributed by atoms with Crippen LogP contribution in [0.15, 0.2) is 29.6 Å². The number of ketones is 1. The summed E-state index contributed by atoms with van der Waals surface area (Å²) in [6.45, 7) is 2.04. The first kappa shape index (κ1) is 17.8. The fraction of sp³-hybridized carbons (Fsp3) is 0.353. The van der Waals surface area contributed by atoms with Gasteiger partial charge in [0.15, 0.2) is 6.61 Å². The average molecular weight is 379 g/mol. The summed E-state index contributed by atoms with van der Waals surface area (Å²) in [5.41, 5.74) is 0. The summed E-state index contributed by atoms with van der Waals surface area (Å²) in [5, 5.41) is 1.77. The Bertz CT molecular complexity index is 747. The lowest BCUT2D eigenvalue weighted by molar-refractivity contribution is -0.134. The van der Waals surface area contributed by atoms with E-state index in [0.29, 0.717) is 36.1 Å². The molecule has 8 heteroatoms. The lowest BCUT2D eigenvalue weighted by atomic mass is 10.2. The molecule has 1 amide bonds. The topological polar surface area (TPSA) is 72.9 Å². The minimum absolute atomic E-state index is 0.0354. The van der Waals surface area contributed by atoms with Crippen LogP contribution in [0.2, 0.25) is 0 Å². The molecular formula is C17H17NO5S2. The molecule has 0 aliphatic carbocycles. The van der Waals surface area contributed by atoms with Gasteiger partial charge in [0.1, 0.15) is 4.88 Å². The van der Waals surface area contributed by atoms with Crippen molar-refractivity contribution in [2.24, 2.45) is 0 Å². The predicted octanol–water partition coefficient (Wildman–Crippen LogP) is 2.25. The number of esters is 1. The first-order valence-corrected chi connectivity index (χ1v) is 9.51. The van der Waals surface area contributed by atoms with Gasteiger partial charge in [-0.25, -0.2) is 4.79 Å². The van der Waals surface area contributed by atoms with Crippen LogP contribution in [0.25, 0.3) is 0 Å². The largest absolute Gasteiger partial charge is 0.453 e. The molecular weight excluding hydrogens is 362 g/mol. The normalized spacial score (nSPS) is 14.3. The van der Waals surface area contributed by atoms with E-state index in [2.05, 4.69) is 0 Å². The summed E-state index contributed by atoms with van der Waals surface area (Å²) < 4.78 is 10.3. The van der Waals surface area contributed by atoms with Gasteiger partial charge in [0.05, 0.1) is 24.5 Å². The zero-order valence-electron chi connectivity index (χ0n) is 13.4. The van der Waals surface area contributed by atoms with E-state index in [9.17, 15) is 14.4 Å². The molecule has 1 saturated heterocycles. The Hall–Kier alpha value is -2.03. The molecule has 0 N–H and O–H groups in total. The Morgan fingerprint density at radius 2 is 1.92 bits per heavy atom. The SMILES string of the molecule is O=C(COC(=O)c1cccs1)c1ccc(CC(=O)N2CCOCC2)s1. The van der Waals surface area contributed by atoms with Crippen LogP contribution < -0.4 is 0 Å². The van der Waals surface area contributed by atoms with E-state index in [1.54, 1.807) is 34.5 Å². The van der Waals surface area contributed by atoms with Crippen molar-refractivity contribution < 1.29 is 23.9 Å². The highest BCUT2D eigenvalue weighted by Gasteiger charge is 2.19. The van der Waals surface area contributed by atoms with E-state index in [4.69, 9.17) is 9.47 Å². The summed E-state index contributed by atoms with van der Waals surface area (Å²) in [6.07, 6.45) is 0.271. The molecule has 0 aromatic carbocycles. The van der Waals surface area contributed by atoms with E-state index in [-0.39, 0.29) is 24.7 Å². The quantitative estimate of drug-likeness (QED) is 0.569. The highest BCUT2D eigenvalue weighted by atomic mass is 32.1. The lowest BCUT2D eigenvalue weighted by Crippen LogP contribution is -2.41. The van der Waals surface area contributed by atoms with Crippen molar-refractivity contribution >= 4 is 40.3 Å². The van der Waals surface area contributed by atoms with Crippen LogP contribution >= 0.6 is 22.7 Å². The Morgan fingerprint density at radius 1 is 1.12 bits per heavy atom. The van der Waals surface area contributed by atoms with Gasteiger partial charge in [-0.3, -0.25) is 9.59 Å². The van der Waals surface area contributed by atoms with Gasteiger partial charge in [-0.2, -0.15) is 0 Å². The van der Waals surface area contributed by atoms with Crippen molar-refractivity contribution in [3.8, 4) is 0 Å². The molecule has 0 saturated carbocycles. The molecule has 0 spiro atoms. The van der Waals surface area contributed by atoms with Gasteiger partial charge in [0.2, 0.25) is 11.7 Å².